The lowest BCUT2D eigenvalue weighted by atomic mass is 10.1. The van der Waals surface area contributed by atoms with Gasteiger partial charge in [0.1, 0.15) is 6.10 Å². The number of hydrogen-bond acceptors (Lipinski definition) is 3. The maximum atomic E-state index is 12.4. The molecule has 1 atom stereocenters. The van der Waals surface area contributed by atoms with Gasteiger partial charge in [-0.15, -0.1) is 0 Å². The number of hydrogen-bond donors (Lipinski definition) is 1. The number of allylic oxidation sites excluding steroid dienone is 8. The fraction of sp³-hybridized carbons (Fsp3) is 0.657. The van der Waals surface area contributed by atoms with Crippen LogP contribution in [0.5, 0.6) is 0 Å². The molecule has 0 aliphatic carbocycles. The van der Waals surface area contributed by atoms with E-state index in [0.29, 0.717) is 12.8 Å². The minimum atomic E-state index is -0.737. The number of carbonyl (C=O) groups is 2. The van der Waals surface area contributed by atoms with Gasteiger partial charge in [0.05, 0.1) is 0 Å². The zero-order valence-corrected chi connectivity index (χ0v) is 25.2. The molecule has 1 N–H and O–H groups in total. The van der Waals surface area contributed by atoms with Crippen LogP contribution in [0.15, 0.2) is 60.8 Å². The van der Waals surface area contributed by atoms with Gasteiger partial charge in [-0.3, -0.25) is 9.59 Å². The number of carboxylic acids is 1. The lowest BCUT2D eigenvalue weighted by molar-refractivity contribution is -0.145. The van der Waals surface area contributed by atoms with Crippen molar-refractivity contribution in [3.05, 3.63) is 60.8 Å². The quantitative estimate of drug-likeness (QED) is 0.0637. The van der Waals surface area contributed by atoms with Gasteiger partial charge in [-0.1, -0.05) is 107 Å². The molecule has 222 valence electrons. The highest BCUT2D eigenvalue weighted by Gasteiger charge is 2.08. The lowest BCUT2D eigenvalue weighted by Gasteiger charge is -2.11. The van der Waals surface area contributed by atoms with Crippen molar-refractivity contribution in [2.24, 2.45) is 0 Å². The minimum Gasteiger partial charge on any atom is -0.481 e. The highest BCUT2D eigenvalue weighted by molar-refractivity contribution is 5.69. The maximum absolute atomic E-state index is 12.4. The Labute approximate surface area is 240 Å². The number of ether oxygens (including phenoxy) is 1. The molecule has 0 radical (unpaired) electrons. The topological polar surface area (TPSA) is 63.6 Å². The van der Waals surface area contributed by atoms with Gasteiger partial charge in [-0.25, -0.2) is 0 Å². The lowest BCUT2D eigenvalue weighted by Crippen LogP contribution is -2.13. The second kappa shape index (κ2) is 30.2. The van der Waals surface area contributed by atoms with Gasteiger partial charge < -0.3 is 9.84 Å². The SMILES string of the molecule is CC/C=C\C/C=C\C(/C=C\CCCCCC(=O)O)OC(=O)CCCCCCC/C=C\C/C=C\CCCCCC. The van der Waals surface area contributed by atoms with Crippen molar-refractivity contribution in [2.75, 3.05) is 0 Å². The van der Waals surface area contributed by atoms with Crippen molar-refractivity contribution >= 4 is 11.9 Å². The number of carboxylic acid groups (broad SMARTS) is 1. The van der Waals surface area contributed by atoms with Gasteiger partial charge >= 0.3 is 11.9 Å². The normalized spacial score (nSPS) is 13.1. The summed E-state index contributed by atoms with van der Waals surface area (Å²) in [5.41, 5.74) is 0. The Morgan fingerprint density at radius 2 is 1.10 bits per heavy atom. The molecule has 4 nitrogen and oxygen atoms in total. The van der Waals surface area contributed by atoms with Gasteiger partial charge in [0.2, 0.25) is 0 Å². The summed E-state index contributed by atoms with van der Waals surface area (Å²) in [5.74, 6) is -0.875. The van der Waals surface area contributed by atoms with Crippen LogP contribution in [0.25, 0.3) is 0 Å². The fourth-order valence-corrected chi connectivity index (χ4v) is 4.11. The summed E-state index contributed by atoms with van der Waals surface area (Å²) in [4.78, 5) is 23.0. The van der Waals surface area contributed by atoms with Crippen LogP contribution >= 0.6 is 0 Å². The first kappa shape index (κ1) is 36.6. The van der Waals surface area contributed by atoms with E-state index in [1.807, 2.05) is 24.3 Å². The zero-order valence-electron chi connectivity index (χ0n) is 25.2. The van der Waals surface area contributed by atoms with Crippen LogP contribution in [0, 0.1) is 0 Å². The van der Waals surface area contributed by atoms with Crippen molar-refractivity contribution in [1.29, 1.82) is 0 Å². The van der Waals surface area contributed by atoms with E-state index in [-0.39, 0.29) is 18.5 Å². The van der Waals surface area contributed by atoms with E-state index in [9.17, 15) is 9.59 Å². The summed E-state index contributed by atoms with van der Waals surface area (Å²) in [6, 6.07) is 0. The summed E-state index contributed by atoms with van der Waals surface area (Å²) < 4.78 is 5.71. The van der Waals surface area contributed by atoms with Crippen molar-refractivity contribution < 1.29 is 19.4 Å². The first-order chi connectivity index (χ1) is 19.1. The number of carbonyl (C=O) groups excluding carboxylic acids is 1. The van der Waals surface area contributed by atoms with E-state index in [0.717, 1.165) is 64.2 Å². The van der Waals surface area contributed by atoms with E-state index in [4.69, 9.17) is 9.84 Å². The molecule has 0 aromatic rings. The van der Waals surface area contributed by atoms with E-state index in [2.05, 4.69) is 50.3 Å². The molecule has 4 heteroatoms. The summed E-state index contributed by atoms with van der Waals surface area (Å²) in [6.07, 6.45) is 41.3. The molecule has 39 heavy (non-hydrogen) atoms. The Balaban J connectivity index is 4.05. The Bertz CT molecular complexity index is 714. The van der Waals surface area contributed by atoms with E-state index < -0.39 is 5.97 Å². The molecule has 0 saturated heterocycles. The van der Waals surface area contributed by atoms with Crippen molar-refractivity contribution in [1.82, 2.24) is 0 Å². The first-order valence-electron chi connectivity index (χ1n) is 15.8. The predicted molar refractivity (Wildman–Crippen MR) is 167 cm³/mol. The molecule has 0 bridgehead atoms. The highest BCUT2D eigenvalue weighted by atomic mass is 16.5. The molecular weight excluding hydrogens is 484 g/mol. The average molecular weight is 543 g/mol. The molecule has 0 rings (SSSR count). The number of rotatable bonds is 27. The van der Waals surface area contributed by atoms with Gasteiger partial charge in [0.15, 0.2) is 0 Å². The third-order valence-electron chi connectivity index (χ3n) is 6.44. The van der Waals surface area contributed by atoms with E-state index in [1.54, 1.807) is 0 Å². The Kier molecular flexibility index (Phi) is 28.4. The Morgan fingerprint density at radius 1 is 0.590 bits per heavy atom. The molecule has 0 heterocycles. The largest absolute Gasteiger partial charge is 0.481 e. The van der Waals surface area contributed by atoms with Crippen LogP contribution in [-0.2, 0) is 14.3 Å². The summed E-state index contributed by atoms with van der Waals surface area (Å²) >= 11 is 0. The first-order valence-corrected chi connectivity index (χ1v) is 15.8. The van der Waals surface area contributed by atoms with Crippen LogP contribution < -0.4 is 0 Å². The molecule has 0 amide bonds. The predicted octanol–water partition coefficient (Wildman–Crippen LogP) is 10.6. The summed E-state index contributed by atoms with van der Waals surface area (Å²) in [7, 11) is 0. The molecular formula is C35H58O4. The number of aliphatic carboxylic acids is 1. The zero-order chi connectivity index (χ0) is 28.7. The smallest absolute Gasteiger partial charge is 0.306 e. The molecule has 0 aliphatic rings. The van der Waals surface area contributed by atoms with Crippen LogP contribution in [0.1, 0.15) is 142 Å². The Hall–Kier alpha value is -2.36. The number of esters is 1. The second-order valence-corrected chi connectivity index (χ2v) is 10.3. The summed E-state index contributed by atoms with van der Waals surface area (Å²) in [5, 5.41) is 8.72. The fourth-order valence-electron chi connectivity index (χ4n) is 4.11. The van der Waals surface area contributed by atoms with E-state index >= 15 is 0 Å². The summed E-state index contributed by atoms with van der Waals surface area (Å²) in [6.45, 7) is 4.36. The van der Waals surface area contributed by atoms with Crippen molar-refractivity contribution in [3.8, 4) is 0 Å². The Morgan fingerprint density at radius 3 is 1.77 bits per heavy atom. The van der Waals surface area contributed by atoms with Crippen molar-refractivity contribution in [2.45, 2.75) is 148 Å². The maximum Gasteiger partial charge on any atom is 0.306 e. The molecule has 0 saturated carbocycles. The monoisotopic (exact) mass is 542 g/mol. The van der Waals surface area contributed by atoms with Crippen LogP contribution in [0.3, 0.4) is 0 Å². The molecule has 0 spiro atoms. The molecule has 0 aromatic carbocycles. The molecule has 0 aromatic heterocycles. The van der Waals surface area contributed by atoms with Gasteiger partial charge in [0, 0.05) is 12.8 Å². The third kappa shape index (κ3) is 30.0. The van der Waals surface area contributed by atoms with Crippen LogP contribution in [0.2, 0.25) is 0 Å². The minimum absolute atomic E-state index is 0.138. The number of unbranched alkanes of at least 4 members (excludes halogenated alkanes) is 12. The molecule has 0 aliphatic heterocycles. The second-order valence-electron chi connectivity index (χ2n) is 10.3. The average Bonchev–Trinajstić information content (AvgIpc) is 2.91. The van der Waals surface area contributed by atoms with Gasteiger partial charge in [-0.05, 0) is 82.8 Å². The van der Waals surface area contributed by atoms with Gasteiger partial charge in [-0.2, -0.15) is 0 Å². The highest BCUT2D eigenvalue weighted by Crippen LogP contribution is 2.11. The standard InChI is InChI=1S/C35H58O4/c1-3-5-7-9-10-11-12-13-14-15-16-17-18-19-24-28-32-35(38)39-33(29-25-21-8-6-4-2)30-26-22-20-23-27-31-34(36)37/h6,8,11-12,14-15,25-26,29-30,33H,3-5,7,9-10,13,16-24,27-28,31-32H2,1-2H3,(H,36,37)/b8-6-,12-11-,15-14-,29-25-,30-26-. The van der Waals surface area contributed by atoms with Gasteiger partial charge in [0.25, 0.3) is 0 Å². The third-order valence-corrected chi connectivity index (χ3v) is 6.44. The van der Waals surface area contributed by atoms with Crippen molar-refractivity contribution in [3.63, 3.8) is 0 Å². The van der Waals surface area contributed by atoms with Crippen LogP contribution in [0.4, 0.5) is 0 Å². The van der Waals surface area contributed by atoms with E-state index in [1.165, 1.54) is 44.9 Å². The van der Waals surface area contributed by atoms with Crippen LogP contribution in [-0.4, -0.2) is 23.1 Å². The molecule has 0 fully saturated rings. The molecule has 1 unspecified atom stereocenters.